The summed E-state index contributed by atoms with van der Waals surface area (Å²) in [6.45, 7) is 13.3. The first-order chi connectivity index (χ1) is 7.29. The molecule has 0 bridgehead atoms. The Balaban J connectivity index is 0.000000921. The molecule has 0 radical (unpaired) electrons. The van der Waals surface area contributed by atoms with Crippen molar-refractivity contribution >= 4 is 5.71 Å². The number of aryl methyl sites for hydroxylation is 1. The van der Waals surface area contributed by atoms with E-state index in [1.807, 2.05) is 32.0 Å². The van der Waals surface area contributed by atoms with Gasteiger partial charge in [-0.15, -0.1) is 0 Å². The highest BCUT2D eigenvalue weighted by molar-refractivity contribution is 6.09. The molecule has 1 aromatic carbocycles. The summed E-state index contributed by atoms with van der Waals surface area (Å²) >= 11 is 0. The van der Waals surface area contributed by atoms with Crippen LogP contribution in [-0.4, -0.2) is 5.71 Å². The molecule has 0 amide bonds. The highest BCUT2D eigenvalue weighted by Crippen LogP contribution is 2.09. The smallest absolute Gasteiger partial charge is 0.0698 e. The Morgan fingerprint density at radius 2 is 1.80 bits per heavy atom. The van der Waals surface area contributed by atoms with Crippen molar-refractivity contribution < 1.29 is 0 Å². The summed E-state index contributed by atoms with van der Waals surface area (Å²) in [5, 5.41) is 0. The van der Waals surface area contributed by atoms with Crippen LogP contribution in [0, 0.1) is 6.92 Å². The first kappa shape index (κ1) is 13.4. The fourth-order valence-corrected chi connectivity index (χ4v) is 1.19. The van der Waals surface area contributed by atoms with Crippen molar-refractivity contribution in [1.29, 1.82) is 0 Å². The summed E-state index contributed by atoms with van der Waals surface area (Å²) < 4.78 is 0. The molecule has 0 spiro atoms. The van der Waals surface area contributed by atoms with Gasteiger partial charge < -0.3 is 0 Å². The zero-order chi connectivity index (χ0) is 11.7. The van der Waals surface area contributed by atoms with Gasteiger partial charge in [-0.25, -0.2) is 0 Å². The van der Waals surface area contributed by atoms with Gasteiger partial charge in [0.1, 0.15) is 0 Å². The van der Waals surface area contributed by atoms with Gasteiger partial charge in [0.2, 0.25) is 0 Å². The molecule has 1 heteroatoms. The van der Waals surface area contributed by atoms with Gasteiger partial charge in [0.15, 0.2) is 0 Å². The van der Waals surface area contributed by atoms with E-state index in [4.69, 9.17) is 0 Å². The molecule has 0 N–H and O–H groups in total. The van der Waals surface area contributed by atoms with Crippen molar-refractivity contribution in [3.63, 3.8) is 0 Å². The lowest BCUT2D eigenvalue weighted by molar-refractivity contribution is 1.43. The third kappa shape index (κ3) is 3.94. The van der Waals surface area contributed by atoms with E-state index in [2.05, 4.69) is 31.1 Å². The lowest BCUT2D eigenvalue weighted by Gasteiger charge is -2.03. The molecule has 0 atom stereocenters. The first-order valence-corrected chi connectivity index (χ1v) is 5.16. The summed E-state index contributed by atoms with van der Waals surface area (Å²) in [6.07, 6.45) is 3.27. The van der Waals surface area contributed by atoms with Crippen LogP contribution in [0.1, 0.15) is 25.0 Å². The summed E-state index contributed by atoms with van der Waals surface area (Å²) in [5.41, 5.74) is 3.17. The molecule has 1 nitrogen and oxygen atoms in total. The number of allylic oxidation sites excluding steroid dienone is 1. The quantitative estimate of drug-likeness (QED) is 0.652. The zero-order valence-electron chi connectivity index (χ0n) is 9.83. The van der Waals surface area contributed by atoms with Gasteiger partial charge in [0.05, 0.1) is 5.71 Å². The minimum absolute atomic E-state index is 0.869. The van der Waals surface area contributed by atoms with Gasteiger partial charge in [-0.05, 0) is 18.6 Å². The minimum Gasteiger partial charge on any atom is -0.257 e. The molecule has 0 saturated carbocycles. The first-order valence-electron chi connectivity index (χ1n) is 5.16. The second kappa shape index (κ2) is 7.74. The fraction of sp³-hybridized carbons (Fsp3) is 0.214. The Bertz CT molecular complexity index is 348. The van der Waals surface area contributed by atoms with E-state index < -0.39 is 0 Å². The van der Waals surface area contributed by atoms with Crippen LogP contribution in [0.2, 0.25) is 0 Å². The van der Waals surface area contributed by atoms with Gasteiger partial charge in [-0.2, -0.15) is 0 Å². The topological polar surface area (TPSA) is 12.4 Å². The van der Waals surface area contributed by atoms with Crippen molar-refractivity contribution in [2.75, 3.05) is 0 Å². The van der Waals surface area contributed by atoms with Crippen LogP contribution in [-0.2, 0) is 0 Å². The van der Waals surface area contributed by atoms with Gasteiger partial charge in [-0.3, -0.25) is 4.99 Å². The number of nitrogens with zero attached hydrogens (tertiary/aromatic N) is 1. The van der Waals surface area contributed by atoms with Crippen LogP contribution in [0.5, 0.6) is 0 Å². The second-order valence-corrected chi connectivity index (χ2v) is 2.72. The maximum atomic E-state index is 4.14. The minimum atomic E-state index is 0.869. The average molecular weight is 201 g/mol. The zero-order valence-corrected chi connectivity index (χ0v) is 9.83. The molecule has 0 aliphatic carbocycles. The van der Waals surface area contributed by atoms with Crippen LogP contribution < -0.4 is 0 Å². The van der Waals surface area contributed by atoms with Gasteiger partial charge in [0, 0.05) is 11.8 Å². The molecule has 1 aromatic rings. The molecular formula is C14H19N. The predicted molar refractivity (Wildman–Crippen MR) is 69.5 cm³/mol. The lowest BCUT2D eigenvalue weighted by Crippen LogP contribution is -1.97. The second-order valence-electron chi connectivity index (χ2n) is 2.72. The molecule has 0 aliphatic heterocycles. The molecule has 0 aromatic heterocycles. The Morgan fingerprint density at radius 3 is 2.27 bits per heavy atom. The lowest BCUT2D eigenvalue weighted by atomic mass is 10.0. The summed E-state index contributed by atoms with van der Waals surface area (Å²) in [6, 6.07) is 8.08. The largest absolute Gasteiger partial charge is 0.257 e. The number of hydrogen-bond acceptors (Lipinski definition) is 1. The van der Waals surface area contributed by atoms with E-state index >= 15 is 0 Å². The van der Waals surface area contributed by atoms with Crippen LogP contribution in [0.4, 0.5) is 0 Å². The molecule has 80 valence electrons. The third-order valence-electron chi connectivity index (χ3n) is 1.84. The van der Waals surface area contributed by atoms with Crippen molar-refractivity contribution in [3.8, 4) is 0 Å². The summed E-state index contributed by atoms with van der Waals surface area (Å²) in [5.74, 6) is 0. The van der Waals surface area contributed by atoms with E-state index in [1.54, 1.807) is 6.08 Å². The highest BCUT2D eigenvalue weighted by Gasteiger charge is 2.00. The monoisotopic (exact) mass is 201 g/mol. The van der Waals surface area contributed by atoms with E-state index in [0.717, 1.165) is 11.3 Å². The normalized spacial score (nSPS) is 9.93. The molecule has 15 heavy (non-hydrogen) atoms. The average Bonchev–Trinajstić information content (AvgIpc) is 2.30. The Morgan fingerprint density at radius 1 is 1.20 bits per heavy atom. The molecule has 0 saturated heterocycles. The van der Waals surface area contributed by atoms with Crippen molar-refractivity contribution in [2.45, 2.75) is 20.8 Å². The van der Waals surface area contributed by atoms with Crippen LogP contribution in [0.3, 0.4) is 0 Å². The molecule has 0 heterocycles. The number of aliphatic imine (C=N–C) groups is 1. The number of hydrogen-bond donors (Lipinski definition) is 0. The highest BCUT2D eigenvalue weighted by atomic mass is 14.7. The third-order valence-corrected chi connectivity index (χ3v) is 1.84. The molecule has 0 unspecified atom stereocenters. The SMILES string of the molecule is C=CN=C(C=C)c1ccccc1C.CC. The fourth-order valence-electron chi connectivity index (χ4n) is 1.19. The van der Waals surface area contributed by atoms with E-state index in [1.165, 1.54) is 11.8 Å². The number of benzene rings is 1. The predicted octanol–water partition coefficient (Wildman–Crippen LogP) is 4.14. The number of rotatable bonds is 3. The van der Waals surface area contributed by atoms with Gasteiger partial charge in [-0.1, -0.05) is 51.3 Å². The Hall–Kier alpha value is -1.63. The Labute approximate surface area is 92.9 Å². The maximum absolute atomic E-state index is 4.14. The van der Waals surface area contributed by atoms with Crippen LogP contribution in [0.15, 0.2) is 54.7 Å². The van der Waals surface area contributed by atoms with Crippen molar-refractivity contribution in [2.24, 2.45) is 4.99 Å². The van der Waals surface area contributed by atoms with E-state index in [9.17, 15) is 0 Å². The summed E-state index contributed by atoms with van der Waals surface area (Å²) in [7, 11) is 0. The maximum Gasteiger partial charge on any atom is 0.0698 e. The van der Waals surface area contributed by atoms with Crippen LogP contribution >= 0.6 is 0 Å². The molecule has 1 rings (SSSR count). The Kier molecular flexibility index (Phi) is 6.90. The van der Waals surface area contributed by atoms with Crippen molar-refractivity contribution in [3.05, 3.63) is 60.8 Å². The standard InChI is InChI=1S/C12H13N.C2H6/c1-4-12(13-5-2)11-9-7-6-8-10(11)3;1-2/h4-9H,1-2H2,3H3;1-2H3. The van der Waals surface area contributed by atoms with E-state index in [-0.39, 0.29) is 0 Å². The van der Waals surface area contributed by atoms with Crippen molar-refractivity contribution in [1.82, 2.24) is 0 Å². The van der Waals surface area contributed by atoms with Gasteiger partial charge in [0.25, 0.3) is 0 Å². The molecule has 0 fully saturated rings. The molecular weight excluding hydrogens is 182 g/mol. The van der Waals surface area contributed by atoms with Gasteiger partial charge >= 0.3 is 0 Å². The van der Waals surface area contributed by atoms with Crippen LogP contribution in [0.25, 0.3) is 0 Å². The summed E-state index contributed by atoms with van der Waals surface area (Å²) in [4.78, 5) is 4.14. The molecule has 0 aliphatic rings. The van der Waals surface area contributed by atoms with E-state index in [0.29, 0.717) is 0 Å².